The molecule has 2 aromatic carbocycles. The van der Waals surface area contributed by atoms with Crippen molar-refractivity contribution in [3.63, 3.8) is 0 Å². The van der Waals surface area contributed by atoms with Crippen LogP contribution in [0.4, 0.5) is 4.39 Å². The highest BCUT2D eigenvalue weighted by Gasteiger charge is 2.47. The summed E-state index contributed by atoms with van der Waals surface area (Å²) in [5.41, 5.74) is 8.87. The molecule has 0 radical (unpaired) electrons. The molecule has 0 spiro atoms. The number of nitrogens with zero attached hydrogens (tertiary/aromatic N) is 2. The van der Waals surface area contributed by atoms with E-state index < -0.39 is 5.82 Å². The molecule has 5 rings (SSSR count). The van der Waals surface area contributed by atoms with Crippen LogP contribution in [0.3, 0.4) is 0 Å². The van der Waals surface area contributed by atoms with Crippen molar-refractivity contribution in [1.29, 1.82) is 5.26 Å². The lowest BCUT2D eigenvalue weighted by Crippen LogP contribution is -2.40. The highest BCUT2D eigenvalue weighted by atomic mass is 32.1. The van der Waals surface area contributed by atoms with E-state index in [1.807, 2.05) is 17.0 Å². The number of halogens is 1. The van der Waals surface area contributed by atoms with E-state index in [1.165, 1.54) is 31.6 Å². The van der Waals surface area contributed by atoms with Crippen molar-refractivity contribution in [2.75, 3.05) is 14.2 Å². The van der Waals surface area contributed by atoms with E-state index in [0.717, 1.165) is 35.3 Å². The van der Waals surface area contributed by atoms with Crippen LogP contribution < -0.4 is 15.2 Å². The second-order valence-electron chi connectivity index (χ2n) is 8.64. The summed E-state index contributed by atoms with van der Waals surface area (Å²) in [5, 5.41) is 9.36. The van der Waals surface area contributed by atoms with Crippen LogP contribution in [-0.2, 0) is 0 Å². The SMILES string of the molecule is COc1ccc(-c2sc(C(=O)N3C4CCC3C(N)C4)cc2-c2ccc(C#N)c(OC)c2)cc1F. The standard InChI is InChI=1S/C26H24FN3O3S/c1-32-22-8-5-15(9-19(22)27)25-18(14-3-4-16(13-28)23(10-14)33-2)12-24(34-25)26(31)30-17-6-7-21(30)20(29)11-17/h3-5,8-10,12,17,20-21H,6-7,11,29H2,1-2H3. The number of nitriles is 1. The van der Waals surface area contributed by atoms with Crippen LogP contribution in [0, 0.1) is 17.1 Å². The third-order valence-electron chi connectivity index (χ3n) is 6.81. The van der Waals surface area contributed by atoms with Gasteiger partial charge in [0.2, 0.25) is 0 Å². The Morgan fingerprint density at radius 1 is 1.12 bits per heavy atom. The molecular weight excluding hydrogens is 453 g/mol. The topological polar surface area (TPSA) is 88.6 Å². The van der Waals surface area contributed by atoms with Crippen molar-refractivity contribution in [2.24, 2.45) is 5.73 Å². The molecule has 2 aliphatic heterocycles. The largest absolute Gasteiger partial charge is 0.495 e. The molecule has 3 unspecified atom stereocenters. The fourth-order valence-electron chi connectivity index (χ4n) is 5.16. The first-order chi connectivity index (χ1) is 16.4. The molecule has 0 saturated carbocycles. The van der Waals surface area contributed by atoms with E-state index >= 15 is 0 Å². The van der Waals surface area contributed by atoms with Crippen LogP contribution in [0.5, 0.6) is 11.5 Å². The Hall–Kier alpha value is -3.41. The number of hydrogen-bond acceptors (Lipinski definition) is 6. The minimum Gasteiger partial charge on any atom is -0.495 e. The van der Waals surface area contributed by atoms with Crippen LogP contribution in [0.25, 0.3) is 21.6 Å². The number of rotatable bonds is 5. The second kappa shape index (κ2) is 8.75. The summed E-state index contributed by atoms with van der Waals surface area (Å²) in [6.07, 6.45) is 2.74. The predicted molar refractivity (Wildman–Crippen MR) is 129 cm³/mol. The van der Waals surface area contributed by atoms with Crippen LogP contribution in [0.2, 0.25) is 0 Å². The quantitative estimate of drug-likeness (QED) is 0.570. The zero-order valence-corrected chi connectivity index (χ0v) is 19.7. The first-order valence-corrected chi connectivity index (χ1v) is 11.9. The molecule has 6 nitrogen and oxygen atoms in total. The van der Waals surface area contributed by atoms with Crippen molar-refractivity contribution in [1.82, 2.24) is 4.90 Å². The van der Waals surface area contributed by atoms with Gasteiger partial charge in [-0.25, -0.2) is 4.39 Å². The summed E-state index contributed by atoms with van der Waals surface area (Å²) in [6.45, 7) is 0. The van der Waals surface area contributed by atoms with Crippen LogP contribution >= 0.6 is 11.3 Å². The predicted octanol–water partition coefficient (Wildman–Crippen LogP) is 4.81. The van der Waals surface area contributed by atoms with Gasteiger partial charge in [-0.1, -0.05) is 6.07 Å². The minimum atomic E-state index is -0.479. The van der Waals surface area contributed by atoms with E-state index in [4.69, 9.17) is 15.2 Å². The zero-order valence-electron chi connectivity index (χ0n) is 18.9. The highest BCUT2D eigenvalue weighted by molar-refractivity contribution is 7.18. The Kier molecular flexibility index (Phi) is 5.76. The van der Waals surface area contributed by atoms with Gasteiger partial charge in [-0.05, 0) is 66.8 Å². The number of carbonyl (C=O) groups is 1. The Bertz CT molecular complexity index is 1320. The molecule has 1 aromatic heterocycles. The van der Waals surface area contributed by atoms with Gasteiger partial charge in [0.05, 0.1) is 24.7 Å². The lowest BCUT2D eigenvalue weighted by Gasteiger charge is -2.22. The molecule has 2 saturated heterocycles. The molecule has 174 valence electrons. The smallest absolute Gasteiger partial charge is 0.264 e. The highest BCUT2D eigenvalue weighted by Crippen LogP contribution is 2.44. The maximum Gasteiger partial charge on any atom is 0.264 e. The number of benzene rings is 2. The first-order valence-electron chi connectivity index (χ1n) is 11.1. The molecule has 1 amide bonds. The maximum absolute atomic E-state index is 14.6. The van der Waals surface area contributed by atoms with Crippen LogP contribution in [0.15, 0.2) is 42.5 Å². The number of ether oxygens (including phenoxy) is 2. The Labute approximate surface area is 201 Å². The lowest BCUT2D eigenvalue weighted by atomic mass is 9.97. The molecule has 2 aliphatic rings. The van der Waals surface area contributed by atoms with E-state index in [1.54, 1.807) is 24.3 Å². The second-order valence-corrected chi connectivity index (χ2v) is 9.69. The number of nitrogens with two attached hydrogens (primary N) is 1. The summed E-state index contributed by atoms with van der Waals surface area (Å²) in [5.74, 6) is 0.0797. The number of fused-ring (bicyclic) bond motifs is 2. The van der Waals surface area contributed by atoms with E-state index in [2.05, 4.69) is 6.07 Å². The van der Waals surface area contributed by atoms with Gasteiger partial charge in [0.1, 0.15) is 11.8 Å². The molecule has 3 aromatic rings. The van der Waals surface area contributed by atoms with Gasteiger partial charge >= 0.3 is 0 Å². The molecular formula is C26H24FN3O3S. The van der Waals surface area contributed by atoms with Gasteiger partial charge in [0, 0.05) is 28.6 Å². The third-order valence-corrected chi connectivity index (χ3v) is 7.98. The zero-order chi connectivity index (χ0) is 24.0. The van der Waals surface area contributed by atoms with Gasteiger partial charge in [0.15, 0.2) is 11.6 Å². The lowest BCUT2D eigenvalue weighted by molar-refractivity contribution is 0.0731. The maximum atomic E-state index is 14.6. The van der Waals surface area contributed by atoms with Crippen molar-refractivity contribution in [3.8, 4) is 39.1 Å². The van der Waals surface area contributed by atoms with Gasteiger partial charge in [-0.15, -0.1) is 11.3 Å². The van der Waals surface area contributed by atoms with Gasteiger partial charge in [-0.2, -0.15) is 5.26 Å². The van der Waals surface area contributed by atoms with E-state index in [0.29, 0.717) is 21.8 Å². The summed E-state index contributed by atoms with van der Waals surface area (Å²) >= 11 is 1.34. The first kappa shape index (κ1) is 22.4. The Morgan fingerprint density at radius 2 is 1.88 bits per heavy atom. The van der Waals surface area contributed by atoms with Gasteiger partial charge in [0.25, 0.3) is 5.91 Å². The van der Waals surface area contributed by atoms with Crippen molar-refractivity contribution >= 4 is 17.2 Å². The van der Waals surface area contributed by atoms with E-state index in [-0.39, 0.29) is 29.8 Å². The number of carbonyl (C=O) groups excluding carboxylic acids is 1. The molecule has 3 heterocycles. The van der Waals surface area contributed by atoms with Crippen molar-refractivity contribution < 1.29 is 18.7 Å². The van der Waals surface area contributed by atoms with Crippen molar-refractivity contribution in [3.05, 3.63) is 58.7 Å². The number of thiophene rings is 1. The molecule has 2 fully saturated rings. The summed E-state index contributed by atoms with van der Waals surface area (Å²) in [7, 11) is 2.93. The number of hydrogen-bond donors (Lipinski definition) is 1. The van der Waals surface area contributed by atoms with E-state index in [9.17, 15) is 14.4 Å². The normalized spacial score (nSPS) is 20.9. The summed E-state index contributed by atoms with van der Waals surface area (Å²) in [4.78, 5) is 16.9. The van der Waals surface area contributed by atoms with Crippen LogP contribution in [-0.4, -0.2) is 43.2 Å². The molecule has 8 heteroatoms. The minimum absolute atomic E-state index is 0.0140. The van der Waals surface area contributed by atoms with Crippen LogP contribution in [0.1, 0.15) is 34.5 Å². The van der Waals surface area contributed by atoms with Crippen molar-refractivity contribution in [2.45, 2.75) is 37.4 Å². The molecule has 2 N–H and O–H groups in total. The monoisotopic (exact) mass is 477 g/mol. The Morgan fingerprint density at radius 3 is 2.50 bits per heavy atom. The van der Waals surface area contributed by atoms with Gasteiger partial charge < -0.3 is 20.1 Å². The summed E-state index contributed by atoms with van der Waals surface area (Å²) < 4.78 is 25.0. The number of methoxy groups -OCH3 is 2. The third kappa shape index (κ3) is 3.61. The summed E-state index contributed by atoms with van der Waals surface area (Å²) in [6, 6.07) is 14.3. The Balaban J connectivity index is 1.63. The molecule has 3 atom stereocenters. The van der Waals surface area contributed by atoms with Gasteiger partial charge in [-0.3, -0.25) is 4.79 Å². The average Bonchev–Trinajstić information content (AvgIpc) is 3.55. The molecule has 34 heavy (non-hydrogen) atoms. The fraction of sp³-hybridized carbons (Fsp3) is 0.308. The average molecular weight is 478 g/mol. The molecule has 0 aliphatic carbocycles. The molecule has 2 bridgehead atoms. The number of amides is 1. The fourth-order valence-corrected chi connectivity index (χ4v) is 6.28.